The average molecular weight is 182 g/mol. The van der Waals surface area contributed by atoms with Crippen LogP contribution in [0.15, 0.2) is 17.1 Å². The number of nitrogens with two attached hydrogens (primary N) is 1. The Balaban J connectivity index is 2.81. The number of carbonyl (C=O) groups excluding carboxylic acids is 1. The molecule has 0 aliphatic rings. The Hall–Kier alpha value is -1.69. The third-order valence-corrected chi connectivity index (χ3v) is 1.40. The second-order valence-corrected chi connectivity index (χ2v) is 2.58. The van der Waals surface area contributed by atoms with Gasteiger partial charge in [0, 0.05) is 6.20 Å². The van der Waals surface area contributed by atoms with E-state index in [2.05, 4.69) is 15.5 Å². The number of hydrogen-bond acceptors (Lipinski definition) is 4. The third kappa shape index (κ3) is 2.38. The summed E-state index contributed by atoms with van der Waals surface area (Å²) in [5.74, 6) is -0.406. The summed E-state index contributed by atoms with van der Waals surface area (Å²) in [5, 5.41) is 8.02. The van der Waals surface area contributed by atoms with Crippen LogP contribution in [-0.4, -0.2) is 22.1 Å². The number of H-pyrrole nitrogens is 1. The lowest BCUT2D eigenvalue weighted by atomic mass is 10.3. The maximum atomic E-state index is 11.1. The van der Waals surface area contributed by atoms with Crippen molar-refractivity contribution in [3.05, 3.63) is 22.6 Å². The lowest BCUT2D eigenvalue weighted by Gasteiger charge is -2.05. The van der Waals surface area contributed by atoms with Crippen LogP contribution >= 0.6 is 0 Å². The second kappa shape index (κ2) is 3.81. The predicted molar refractivity (Wildman–Crippen MR) is 47.1 cm³/mol. The molecule has 0 radical (unpaired) electrons. The highest BCUT2D eigenvalue weighted by Gasteiger charge is 2.08. The molecule has 1 rings (SSSR count). The average Bonchev–Trinajstić information content (AvgIpc) is 2.08. The van der Waals surface area contributed by atoms with Gasteiger partial charge in [-0.05, 0) is 13.0 Å². The molecule has 0 saturated carbocycles. The Labute approximate surface area is 74.1 Å². The number of hydrogen-bond donors (Lipinski definition) is 3. The third-order valence-electron chi connectivity index (χ3n) is 1.40. The number of rotatable bonds is 2. The fourth-order valence-electron chi connectivity index (χ4n) is 0.689. The number of anilines is 1. The number of carbonyl (C=O) groups is 1. The summed E-state index contributed by atoms with van der Waals surface area (Å²) in [6, 6.07) is 0.756. The first-order valence-electron chi connectivity index (χ1n) is 3.71. The van der Waals surface area contributed by atoms with Crippen LogP contribution in [0.3, 0.4) is 0 Å². The summed E-state index contributed by atoms with van der Waals surface area (Å²) >= 11 is 0. The van der Waals surface area contributed by atoms with Crippen molar-refractivity contribution in [2.45, 2.75) is 13.0 Å². The molecule has 0 saturated heterocycles. The Morgan fingerprint density at radius 3 is 3.00 bits per heavy atom. The van der Waals surface area contributed by atoms with E-state index in [1.165, 1.54) is 19.2 Å². The molecule has 6 nitrogen and oxygen atoms in total. The van der Waals surface area contributed by atoms with Gasteiger partial charge in [0.15, 0.2) is 0 Å². The van der Waals surface area contributed by atoms with Crippen LogP contribution < -0.4 is 16.6 Å². The summed E-state index contributed by atoms with van der Waals surface area (Å²) in [4.78, 5) is 22.1. The van der Waals surface area contributed by atoms with E-state index in [0.29, 0.717) is 0 Å². The summed E-state index contributed by atoms with van der Waals surface area (Å²) in [7, 11) is 0. The monoisotopic (exact) mass is 182 g/mol. The molecule has 1 atom stereocenters. The number of nitrogens with one attached hydrogen (secondary N) is 2. The van der Waals surface area contributed by atoms with Crippen molar-refractivity contribution in [3.63, 3.8) is 0 Å². The highest BCUT2D eigenvalue weighted by Crippen LogP contribution is 1.94. The van der Waals surface area contributed by atoms with Crippen LogP contribution in [0.5, 0.6) is 0 Å². The van der Waals surface area contributed by atoms with Gasteiger partial charge in [-0.25, -0.2) is 5.10 Å². The first-order chi connectivity index (χ1) is 6.11. The fourth-order valence-corrected chi connectivity index (χ4v) is 0.689. The van der Waals surface area contributed by atoms with Crippen molar-refractivity contribution in [2.75, 3.05) is 5.32 Å². The molecule has 1 aromatic heterocycles. The van der Waals surface area contributed by atoms with Crippen molar-refractivity contribution < 1.29 is 4.79 Å². The fraction of sp³-hybridized carbons (Fsp3) is 0.286. The van der Waals surface area contributed by atoms with Crippen LogP contribution in [0.4, 0.5) is 5.69 Å². The van der Waals surface area contributed by atoms with Gasteiger partial charge >= 0.3 is 0 Å². The minimum atomic E-state index is -0.646. The van der Waals surface area contributed by atoms with Gasteiger partial charge in [-0.3, -0.25) is 9.59 Å². The molecule has 1 amide bonds. The van der Waals surface area contributed by atoms with E-state index < -0.39 is 17.5 Å². The minimum Gasteiger partial charge on any atom is -0.320 e. The number of aromatic nitrogens is 2. The standard InChI is InChI=1S/C7H10N4O2/c1-4(8)6(12)10-5-2-3-9-11-7(5)13/h2-4H,8H2,1H3,(H,11,13)(H,9,10,12). The zero-order valence-corrected chi connectivity index (χ0v) is 7.07. The topological polar surface area (TPSA) is 101 Å². The maximum Gasteiger partial charge on any atom is 0.287 e. The minimum absolute atomic E-state index is 0.150. The normalized spacial score (nSPS) is 12.2. The SMILES string of the molecule is CC(N)C(=O)Nc1ccn[nH]c1=O. The molecule has 0 spiro atoms. The number of nitrogens with zero attached hydrogens (tertiary/aromatic N) is 1. The van der Waals surface area contributed by atoms with Gasteiger partial charge < -0.3 is 11.1 Å². The molecular formula is C7H10N4O2. The molecule has 0 aliphatic heterocycles. The van der Waals surface area contributed by atoms with E-state index in [-0.39, 0.29) is 5.69 Å². The van der Waals surface area contributed by atoms with Gasteiger partial charge in [0.05, 0.1) is 6.04 Å². The quantitative estimate of drug-likeness (QED) is 0.549. The zero-order valence-electron chi connectivity index (χ0n) is 7.07. The number of amides is 1. The zero-order chi connectivity index (χ0) is 9.84. The van der Waals surface area contributed by atoms with Gasteiger partial charge in [-0.1, -0.05) is 0 Å². The van der Waals surface area contributed by atoms with Crippen LogP contribution in [0.25, 0.3) is 0 Å². The Morgan fingerprint density at radius 2 is 2.46 bits per heavy atom. The molecule has 6 heteroatoms. The largest absolute Gasteiger partial charge is 0.320 e. The molecule has 13 heavy (non-hydrogen) atoms. The van der Waals surface area contributed by atoms with Gasteiger partial charge in [0.2, 0.25) is 5.91 Å². The van der Waals surface area contributed by atoms with Crippen LogP contribution in [-0.2, 0) is 4.79 Å². The van der Waals surface area contributed by atoms with Crippen molar-refractivity contribution in [1.29, 1.82) is 0 Å². The van der Waals surface area contributed by atoms with E-state index in [0.717, 1.165) is 0 Å². The van der Waals surface area contributed by atoms with Gasteiger partial charge in [0.25, 0.3) is 5.56 Å². The van der Waals surface area contributed by atoms with E-state index in [9.17, 15) is 9.59 Å². The molecule has 1 unspecified atom stereocenters. The van der Waals surface area contributed by atoms with Gasteiger partial charge in [-0.2, -0.15) is 5.10 Å². The summed E-state index contributed by atoms with van der Waals surface area (Å²) in [6.07, 6.45) is 1.37. The van der Waals surface area contributed by atoms with Crippen LogP contribution in [0.2, 0.25) is 0 Å². The predicted octanol–water partition coefficient (Wildman–Crippen LogP) is -0.944. The lowest BCUT2D eigenvalue weighted by molar-refractivity contribution is -0.117. The Bertz CT molecular complexity index is 358. The Kier molecular flexibility index (Phi) is 2.76. The van der Waals surface area contributed by atoms with E-state index in [1.54, 1.807) is 0 Å². The molecule has 1 aromatic rings. The molecule has 1 heterocycles. The van der Waals surface area contributed by atoms with Crippen molar-refractivity contribution in [2.24, 2.45) is 5.73 Å². The molecule has 0 aromatic carbocycles. The Morgan fingerprint density at radius 1 is 1.77 bits per heavy atom. The van der Waals surface area contributed by atoms with E-state index in [4.69, 9.17) is 5.73 Å². The van der Waals surface area contributed by atoms with Crippen LogP contribution in [0, 0.1) is 0 Å². The molecule has 70 valence electrons. The van der Waals surface area contributed by atoms with Crippen molar-refractivity contribution in [1.82, 2.24) is 10.2 Å². The van der Waals surface area contributed by atoms with Gasteiger partial charge in [0.1, 0.15) is 5.69 Å². The van der Waals surface area contributed by atoms with Gasteiger partial charge in [-0.15, -0.1) is 0 Å². The van der Waals surface area contributed by atoms with Crippen molar-refractivity contribution >= 4 is 11.6 Å². The summed E-state index contributed by atoms with van der Waals surface area (Å²) in [5.41, 5.74) is 5.00. The molecule has 4 N–H and O–H groups in total. The first-order valence-corrected chi connectivity index (χ1v) is 3.71. The van der Waals surface area contributed by atoms with Crippen molar-refractivity contribution in [3.8, 4) is 0 Å². The molecule has 0 fully saturated rings. The van der Waals surface area contributed by atoms with E-state index in [1.807, 2.05) is 0 Å². The molecular weight excluding hydrogens is 172 g/mol. The molecule has 0 aliphatic carbocycles. The summed E-state index contributed by atoms with van der Waals surface area (Å²) in [6.45, 7) is 1.53. The maximum absolute atomic E-state index is 11.1. The molecule has 0 bridgehead atoms. The van der Waals surface area contributed by atoms with E-state index >= 15 is 0 Å². The summed E-state index contributed by atoms with van der Waals surface area (Å²) < 4.78 is 0. The van der Waals surface area contributed by atoms with Crippen LogP contribution in [0.1, 0.15) is 6.92 Å². The second-order valence-electron chi connectivity index (χ2n) is 2.58. The smallest absolute Gasteiger partial charge is 0.287 e. The highest BCUT2D eigenvalue weighted by atomic mass is 16.2. The number of aromatic amines is 1. The first kappa shape index (κ1) is 9.40. The lowest BCUT2D eigenvalue weighted by Crippen LogP contribution is -2.34. The highest BCUT2D eigenvalue weighted by molar-refractivity contribution is 5.94.